The lowest BCUT2D eigenvalue weighted by Gasteiger charge is -2.43. The molecule has 2 heterocycles. The zero-order valence-electron chi connectivity index (χ0n) is 25.3. The van der Waals surface area contributed by atoms with Gasteiger partial charge >= 0.3 is 23.9 Å². The SMILES string of the molecule is CC(=O)OC1OC(C(=O)NCCc2ccc(O)c(OC3OC(CO)C(O)C(O)C3O)c2)C(OC(C)=O)C(OC(C)=O)C1OC(C)=O. The summed E-state index contributed by atoms with van der Waals surface area (Å²) < 4.78 is 37.2. The van der Waals surface area contributed by atoms with Crippen molar-refractivity contribution < 1.29 is 82.7 Å². The van der Waals surface area contributed by atoms with E-state index in [1.54, 1.807) is 0 Å². The molecule has 0 aliphatic carbocycles. The number of phenols is 1. The quantitative estimate of drug-likeness (QED) is 0.104. The van der Waals surface area contributed by atoms with Gasteiger partial charge in [-0.05, 0) is 24.1 Å². The van der Waals surface area contributed by atoms with Gasteiger partial charge in [0.15, 0.2) is 29.8 Å². The van der Waals surface area contributed by atoms with E-state index >= 15 is 0 Å². The van der Waals surface area contributed by atoms with Crippen LogP contribution >= 0.6 is 0 Å². The van der Waals surface area contributed by atoms with Gasteiger partial charge in [0.2, 0.25) is 18.7 Å². The van der Waals surface area contributed by atoms with Crippen molar-refractivity contribution in [3.8, 4) is 11.5 Å². The van der Waals surface area contributed by atoms with Crippen LogP contribution in [0.4, 0.5) is 0 Å². The zero-order valence-corrected chi connectivity index (χ0v) is 25.3. The fraction of sp³-hybridized carbons (Fsp3) is 0.607. The van der Waals surface area contributed by atoms with E-state index in [2.05, 4.69) is 5.32 Å². The number of carbonyl (C=O) groups excluding carboxylic acids is 5. The number of ether oxygens (including phenoxy) is 7. The van der Waals surface area contributed by atoms with Gasteiger partial charge in [0, 0.05) is 34.2 Å². The molecule has 0 saturated carbocycles. The molecule has 1 amide bonds. The van der Waals surface area contributed by atoms with Gasteiger partial charge in [0.1, 0.15) is 24.4 Å². The summed E-state index contributed by atoms with van der Waals surface area (Å²) in [7, 11) is 0. The molecule has 10 unspecified atom stereocenters. The Kier molecular flexibility index (Phi) is 12.6. The molecule has 0 spiro atoms. The van der Waals surface area contributed by atoms with Crippen LogP contribution in [0, 0.1) is 0 Å². The second kappa shape index (κ2) is 16.0. The van der Waals surface area contributed by atoms with Crippen molar-refractivity contribution in [2.45, 2.75) is 95.5 Å². The second-order valence-electron chi connectivity index (χ2n) is 10.4. The number of aromatic hydroxyl groups is 1. The first-order valence-corrected chi connectivity index (χ1v) is 14.0. The highest BCUT2D eigenvalue weighted by Crippen LogP contribution is 2.32. The monoisotopic (exact) mass is 659 g/mol. The topological polar surface area (TPSA) is 263 Å². The minimum Gasteiger partial charge on any atom is -0.504 e. The fourth-order valence-corrected chi connectivity index (χ4v) is 4.77. The van der Waals surface area contributed by atoms with E-state index < -0.39 is 97.8 Å². The maximum absolute atomic E-state index is 13.3. The molecule has 2 fully saturated rings. The van der Waals surface area contributed by atoms with Crippen molar-refractivity contribution in [2.75, 3.05) is 13.2 Å². The number of hydrogen-bond acceptors (Lipinski definition) is 17. The number of amides is 1. The van der Waals surface area contributed by atoms with Crippen molar-refractivity contribution in [1.82, 2.24) is 5.32 Å². The van der Waals surface area contributed by atoms with Gasteiger partial charge in [-0.15, -0.1) is 0 Å². The average molecular weight is 660 g/mol. The van der Waals surface area contributed by atoms with Gasteiger partial charge < -0.3 is 64.0 Å². The smallest absolute Gasteiger partial charge is 0.305 e. The Morgan fingerprint density at radius 1 is 0.761 bits per heavy atom. The van der Waals surface area contributed by atoms with Gasteiger partial charge in [-0.25, -0.2) is 0 Å². The molecular formula is C28H37NO17. The molecule has 18 heteroatoms. The summed E-state index contributed by atoms with van der Waals surface area (Å²) in [6.45, 7) is 3.31. The Balaban J connectivity index is 1.76. The summed E-state index contributed by atoms with van der Waals surface area (Å²) in [6, 6.07) is 4.08. The van der Waals surface area contributed by atoms with Gasteiger partial charge in [-0.1, -0.05) is 6.07 Å². The first-order valence-electron chi connectivity index (χ1n) is 14.0. The number of rotatable bonds is 11. The summed E-state index contributed by atoms with van der Waals surface area (Å²) in [5, 5.41) is 52.4. The third-order valence-corrected chi connectivity index (χ3v) is 6.77. The maximum atomic E-state index is 13.3. The summed E-state index contributed by atoms with van der Waals surface area (Å²) in [6.07, 6.45) is -16.1. The predicted molar refractivity (Wildman–Crippen MR) is 146 cm³/mol. The molecule has 46 heavy (non-hydrogen) atoms. The number of nitrogens with one attached hydrogen (secondary N) is 1. The molecule has 2 aliphatic heterocycles. The summed E-state index contributed by atoms with van der Waals surface area (Å²) in [4.78, 5) is 60.8. The maximum Gasteiger partial charge on any atom is 0.305 e. The van der Waals surface area contributed by atoms with Crippen molar-refractivity contribution in [3.05, 3.63) is 23.8 Å². The number of carbonyl (C=O) groups is 5. The molecule has 0 aromatic heterocycles. The van der Waals surface area contributed by atoms with Crippen LogP contribution < -0.4 is 10.1 Å². The normalized spacial score (nSPS) is 30.8. The van der Waals surface area contributed by atoms with Gasteiger partial charge in [-0.3, -0.25) is 24.0 Å². The molecule has 2 aliphatic rings. The molecule has 2 saturated heterocycles. The van der Waals surface area contributed by atoms with Crippen molar-refractivity contribution >= 4 is 29.8 Å². The van der Waals surface area contributed by atoms with Gasteiger partial charge in [0.05, 0.1) is 6.61 Å². The van der Waals surface area contributed by atoms with Crippen LogP contribution in [0.3, 0.4) is 0 Å². The van der Waals surface area contributed by atoms with Crippen LogP contribution in [-0.4, -0.2) is 130 Å². The summed E-state index contributed by atoms with van der Waals surface area (Å²) in [5.74, 6) is -5.01. The average Bonchev–Trinajstić information content (AvgIpc) is 2.96. The number of esters is 4. The molecule has 3 rings (SSSR count). The van der Waals surface area contributed by atoms with E-state index in [4.69, 9.17) is 33.2 Å². The highest BCUT2D eigenvalue weighted by molar-refractivity contribution is 5.82. The fourth-order valence-electron chi connectivity index (χ4n) is 4.77. The van der Waals surface area contributed by atoms with E-state index in [1.807, 2.05) is 0 Å². The molecule has 256 valence electrons. The Labute approximate surface area is 262 Å². The molecule has 0 radical (unpaired) electrons. The van der Waals surface area contributed by atoms with Crippen molar-refractivity contribution in [1.29, 1.82) is 0 Å². The van der Waals surface area contributed by atoms with Crippen LogP contribution in [0.15, 0.2) is 18.2 Å². The number of phenolic OH excluding ortho intramolecular Hbond substituents is 1. The van der Waals surface area contributed by atoms with Crippen LogP contribution in [-0.2, 0) is 58.8 Å². The van der Waals surface area contributed by atoms with Gasteiger partial charge in [0.25, 0.3) is 5.91 Å². The number of benzene rings is 1. The minimum atomic E-state index is -1.73. The van der Waals surface area contributed by atoms with E-state index in [9.17, 15) is 49.5 Å². The number of aliphatic hydroxyl groups excluding tert-OH is 4. The standard InChI is InChI=1S/C28H37NO17/c1-11(31)40-22-23(41-12(2)32)25(42-13(3)33)28(43-14(4)34)46-24(22)26(39)29-8-7-15-5-6-16(35)17(9-15)44-27-21(38)20(37)19(36)18(10-30)45-27/h5-6,9,18-25,27-28,30,35-38H,7-8,10H2,1-4H3,(H,29,39). The van der Waals surface area contributed by atoms with Crippen LogP contribution in [0.2, 0.25) is 0 Å². The highest BCUT2D eigenvalue weighted by atomic mass is 16.7. The van der Waals surface area contributed by atoms with Crippen molar-refractivity contribution in [2.24, 2.45) is 0 Å². The minimum absolute atomic E-state index is 0.0961. The van der Waals surface area contributed by atoms with E-state index in [0.717, 1.165) is 27.7 Å². The highest BCUT2D eigenvalue weighted by Gasteiger charge is 2.55. The lowest BCUT2D eigenvalue weighted by molar-refractivity contribution is -0.290. The predicted octanol–water partition coefficient (Wildman–Crippen LogP) is -2.69. The molecule has 18 nitrogen and oxygen atoms in total. The third-order valence-electron chi connectivity index (χ3n) is 6.77. The van der Waals surface area contributed by atoms with Crippen LogP contribution in [0.25, 0.3) is 0 Å². The first kappa shape index (κ1) is 36.4. The lowest BCUT2D eigenvalue weighted by Crippen LogP contribution is -2.65. The number of hydrogen-bond donors (Lipinski definition) is 6. The molecule has 6 N–H and O–H groups in total. The van der Waals surface area contributed by atoms with Crippen molar-refractivity contribution in [3.63, 3.8) is 0 Å². The molecule has 1 aromatic carbocycles. The Morgan fingerprint density at radius 3 is 1.93 bits per heavy atom. The Hall–Kier alpha value is -4.07. The molecular weight excluding hydrogens is 622 g/mol. The van der Waals surface area contributed by atoms with Crippen LogP contribution in [0.1, 0.15) is 33.3 Å². The summed E-state index contributed by atoms with van der Waals surface area (Å²) >= 11 is 0. The molecule has 0 bridgehead atoms. The molecule has 10 atom stereocenters. The van der Waals surface area contributed by atoms with E-state index in [1.165, 1.54) is 18.2 Å². The Morgan fingerprint density at radius 2 is 1.35 bits per heavy atom. The Bertz CT molecular complexity index is 1270. The number of aliphatic hydroxyl groups is 4. The van der Waals surface area contributed by atoms with E-state index in [0.29, 0.717) is 5.56 Å². The van der Waals surface area contributed by atoms with E-state index in [-0.39, 0.29) is 24.5 Å². The van der Waals surface area contributed by atoms with Gasteiger partial charge in [-0.2, -0.15) is 0 Å². The van der Waals surface area contributed by atoms with Crippen LogP contribution in [0.5, 0.6) is 11.5 Å². The third kappa shape index (κ3) is 9.24. The molecule has 1 aromatic rings. The first-order chi connectivity index (χ1) is 21.6. The lowest BCUT2D eigenvalue weighted by atomic mass is 9.97. The largest absolute Gasteiger partial charge is 0.504 e. The summed E-state index contributed by atoms with van der Waals surface area (Å²) in [5.41, 5.74) is 0.476. The second-order valence-corrected chi connectivity index (χ2v) is 10.4. The zero-order chi connectivity index (χ0) is 34.3.